The number of benzene rings is 2. The molecule has 0 radical (unpaired) electrons. The zero-order valence-electron chi connectivity index (χ0n) is 9.99. The topological polar surface area (TPSA) is 38.7 Å². The van der Waals surface area contributed by atoms with Gasteiger partial charge in [0.05, 0.1) is 5.56 Å². The number of phenolic OH excluding ortho intramolecular Hbond substituents is 1. The van der Waals surface area contributed by atoms with E-state index < -0.39 is 11.7 Å². The van der Waals surface area contributed by atoms with Gasteiger partial charge in [-0.25, -0.2) is 0 Å². The van der Waals surface area contributed by atoms with Gasteiger partial charge < -0.3 is 14.6 Å². The summed E-state index contributed by atoms with van der Waals surface area (Å²) in [5, 5.41) is 10.3. The van der Waals surface area contributed by atoms with Crippen LogP contribution in [0.15, 0.2) is 30.3 Å². The number of methoxy groups -OCH3 is 1. The lowest BCUT2D eigenvalue weighted by molar-refractivity contribution is -0.137. The number of ether oxygens (including phenoxy) is 2. The van der Waals surface area contributed by atoms with Gasteiger partial charge in [0.2, 0.25) is 0 Å². The smallest absolute Gasteiger partial charge is 0.416 e. The van der Waals surface area contributed by atoms with E-state index in [1.54, 1.807) is 0 Å². The molecule has 0 amide bonds. The van der Waals surface area contributed by atoms with Crippen LogP contribution in [0.1, 0.15) is 5.56 Å². The van der Waals surface area contributed by atoms with Gasteiger partial charge in [-0.05, 0) is 23.6 Å². The van der Waals surface area contributed by atoms with Crippen molar-refractivity contribution < 1.29 is 27.8 Å². The molecule has 0 aliphatic heterocycles. The SMILES string of the molecule is COCOc1cc(O)c2ccc(C(F)(F)F)cc2c1. The minimum absolute atomic E-state index is 0.0517. The van der Waals surface area contributed by atoms with Crippen LogP contribution in [0, 0.1) is 0 Å². The molecule has 0 atom stereocenters. The van der Waals surface area contributed by atoms with Crippen molar-refractivity contribution in [3.05, 3.63) is 35.9 Å². The first-order chi connectivity index (χ1) is 8.91. The third kappa shape index (κ3) is 2.90. The maximum Gasteiger partial charge on any atom is 0.416 e. The van der Waals surface area contributed by atoms with E-state index in [2.05, 4.69) is 0 Å². The van der Waals surface area contributed by atoms with E-state index >= 15 is 0 Å². The summed E-state index contributed by atoms with van der Waals surface area (Å²) in [5.74, 6) is 0.100. The van der Waals surface area contributed by atoms with E-state index in [0.29, 0.717) is 5.39 Å². The van der Waals surface area contributed by atoms with Crippen LogP contribution in [0.4, 0.5) is 13.2 Å². The minimum atomic E-state index is -4.42. The molecule has 0 heterocycles. The average Bonchev–Trinajstić information content (AvgIpc) is 2.34. The van der Waals surface area contributed by atoms with Crippen LogP contribution in [0.5, 0.6) is 11.5 Å². The van der Waals surface area contributed by atoms with Crippen LogP contribution < -0.4 is 4.74 Å². The largest absolute Gasteiger partial charge is 0.507 e. The average molecular weight is 272 g/mol. The Hall–Kier alpha value is -1.95. The number of hydrogen-bond donors (Lipinski definition) is 1. The minimum Gasteiger partial charge on any atom is -0.507 e. The van der Waals surface area contributed by atoms with Crippen molar-refractivity contribution in [3.63, 3.8) is 0 Å². The quantitative estimate of drug-likeness (QED) is 0.868. The van der Waals surface area contributed by atoms with Crippen LogP contribution in [0.2, 0.25) is 0 Å². The Morgan fingerprint density at radius 1 is 1.16 bits per heavy atom. The summed E-state index contributed by atoms with van der Waals surface area (Å²) < 4.78 is 47.6. The second-order valence-electron chi connectivity index (χ2n) is 3.93. The predicted molar refractivity (Wildman–Crippen MR) is 63.1 cm³/mol. The molecule has 0 fully saturated rings. The van der Waals surface area contributed by atoms with Crippen molar-refractivity contribution >= 4 is 10.8 Å². The van der Waals surface area contributed by atoms with Crippen molar-refractivity contribution in [2.75, 3.05) is 13.9 Å². The molecule has 0 bridgehead atoms. The zero-order valence-corrected chi connectivity index (χ0v) is 9.99. The molecule has 19 heavy (non-hydrogen) atoms. The maximum absolute atomic E-state index is 12.6. The number of alkyl halides is 3. The molecule has 0 saturated heterocycles. The fourth-order valence-corrected chi connectivity index (χ4v) is 1.71. The van der Waals surface area contributed by atoms with Crippen molar-refractivity contribution in [1.29, 1.82) is 0 Å². The van der Waals surface area contributed by atoms with Crippen LogP contribution in [-0.4, -0.2) is 19.0 Å². The second-order valence-corrected chi connectivity index (χ2v) is 3.93. The summed E-state index contributed by atoms with van der Waals surface area (Å²) >= 11 is 0. The molecular weight excluding hydrogens is 261 g/mol. The summed E-state index contributed by atoms with van der Waals surface area (Å²) in [7, 11) is 1.42. The lowest BCUT2D eigenvalue weighted by atomic mass is 10.1. The summed E-state index contributed by atoms with van der Waals surface area (Å²) in [6.45, 7) is -0.0517. The molecule has 0 aliphatic rings. The highest BCUT2D eigenvalue weighted by atomic mass is 19.4. The van der Waals surface area contributed by atoms with Crippen LogP contribution >= 0.6 is 0 Å². The van der Waals surface area contributed by atoms with Crippen molar-refractivity contribution in [1.82, 2.24) is 0 Å². The summed E-state index contributed by atoms with van der Waals surface area (Å²) in [6.07, 6.45) is -4.42. The first-order valence-electron chi connectivity index (χ1n) is 5.37. The Balaban J connectivity index is 2.50. The fourth-order valence-electron chi connectivity index (χ4n) is 1.71. The van der Waals surface area contributed by atoms with E-state index in [0.717, 1.165) is 12.1 Å². The van der Waals surface area contributed by atoms with E-state index in [4.69, 9.17) is 9.47 Å². The second kappa shape index (κ2) is 4.97. The monoisotopic (exact) mass is 272 g/mol. The van der Waals surface area contributed by atoms with Gasteiger partial charge in [0.1, 0.15) is 11.5 Å². The van der Waals surface area contributed by atoms with Gasteiger partial charge in [-0.2, -0.15) is 13.2 Å². The molecule has 0 saturated carbocycles. The molecule has 2 aromatic rings. The van der Waals surface area contributed by atoms with Crippen LogP contribution in [0.25, 0.3) is 10.8 Å². The number of halogens is 3. The molecule has 0 unspecified atom stereocenters. The van der Waals surface area contributed by atoms with E-state index in [-0.39, 0.29) is 23.7 Å². The summed E-state index contributed by atoms with van der Waals surface area (Å²) in [5.41, 5.74) is -0.775. The van der Waals surface area contributed by atoms with Gasteiger partial charge in [-0.15, -0.1) is 0 Å². The molecule has 6 heteroatoms. The van der Waals surface area contributed by atoms with Crippen molar-refractivity contribution in [3.8, 4) is 11.5 Å². The first kappa shape index (κ1) is 13.5. The molecule has 1 N–H and O–H groups in total. The molecule has 0 aromatic heterocycles. The van der Waals surface area contributed by atoms with Crippen LogP contribution in [-0.2, 0) is 10.9 Å². The Bertz CT molecular complexity index is 593. The Labute approximate surface area is 107 Å². The van der Waals surface area contributed by atoms with E-state index in [1.807, 2.05) is 0 Å². The van der Waals surface area contributed by atoms with Gasteiger partial charge >= 0.3 is 6.18 Å². The van der Waals surface area contributed by atoms with Crippen molar-refractivity contribution in [2.45, 2.75) is 6.18 Å². The van der Waals surface area contributed by atoms with Gasteiger partial charge in [-0.1, -0.05) is 6.07 Å². The predicted octanol–water partition coefficient (Wildman–Crippen LogP) is 3.55. The van der Waals surface area contributed by atoms with Gasteiger partial charge in [0, 0.05) is 18.6 Å². The number of aromatic hydroxyl groups is 1. The maximum atomic E-state index is 12.6. The van der Waals surface area contributed by atoms with Gasteiger partial charge in [0.25, 0.3) is 0 Å². The number of hydrogen-bond acceptors (Lipinski definition) is 3. The normalized spacial score (nSPS) is 11.8. The standard InChI is InChI=1S/C13H11F3O3/c1-18-7-19-10-5-8-4-9(13(14,15)16)2-3-11(8)12(17)6-10/h2-6,17H,7H2,1H3. The molecule has 0 spiro atoms. The zero-order chi connectivity index (χ0) is 14.0. The molecule has 3 nitrogen and oxygen atoms in total. The Morgan fingerprint density at radius 3 is 2.53 bits per heavy atom. The highest BCUT2D eigenvalue weighted by Gasteiger charge is 2.30. The van der Waals surface area contributed by atoms with E-state index in [1.165, 1.54) is 25.3 Å². The molecule has 2 rings (SSSR count). The number of rotatable bonds is 3. The number of phenols is 1. The van der Waals surface area contributed by atoms with Gasteiger partial charge in [0.15, 0.2) is 6.79 Å². The number of fused-ring (bicyclic) bond motifs is 1. The summed E-state index contributed by atoms with van der Waals surface area (Å²) in [6, 6.07) is 5.87. The molecule has 0 aliphatic carbocycles. The lowest BCUT2D eigenvalue weighted by Crippen LogP contribution is -2.04. The van der Waals surface area contributed by atoms with Crippen LogP contribution in [0.3, 0.4) is 0 Å². The molecule has 102 valence electrons. The molecular formula is C13H11F3O3. The third-order valence-corrected chi connectivity index (χ3v) is 2.58. The highest BCUT2D eigenvalue weighted by Crippen LogP contribution is 2.35. The summed E-state index contributed by atoms with van der Waals surface area (Å²) in [4.78, 5) is 0. The lowest BCUT2D eigenvalue weighted by Gasteiger charge is -2.11. The third-order valence-electron chi connectivity index (χ3n) is 2.58. The molecule has 2 aromatic carbocycles. The van der Waals surface area contributed by atoms with Gasteiger partial charge in [-0.3, -0.25) is 0 Å². The Kier molecular flexibility index (Phi) is 3.53. The van der Waals surface area contributed by atoms with Crippen molar-refractivity contribution in [2.24, 2.45) is 0 Å². The Morgan fingerprint density at radius 2 is 1.89 bits per heavy atom. The fraction of sp³-hybridized carbons (Fsp3) is 0.231. The van der Waals surface area contributed by atoms with E-state index in [9.17, 15) is 18.3 Å². The first-order valence-corrected chi connectivity index (χ1v) is 5.37. The highest BCUT2D eigenvalue weighted by molar-refractivity contribution is 5.90.